The van der Waals surface area contributed by atoms with E-state index in [-0.39, 0.29) is 36.6 Å². The van der Waals surface area contributed by atoms with Crippen LogP contribution in [0.5, 0.6) is 0 Å². The molecule has 1 fully saturated rings. The van der Waals surface area contributed by atoms with Crippen LogP contribution in [0.3, 0.4) is 0 Å². The summed E-state index contributed by atoms with van der Waals surface area (Å²) in [4.78, 5) is 23.2. The van der Waals surface area contributed by atoms with Gasteiger partial charge in [-0.3, -0.25) is 9.79 Å². The molecule has 0 atom stereocenters. The third-order valence-corrected chi connectivity index (χ3v) is 4.53. The number of carbonyl (C=O) groups is 1. The number of aliphatic imine (C=N–C) groups is 1. The summed E-state index contributed by atoms with van der Waals surface area (Å²) in [7, 11) is 2.69. The van der Waals surface area contributed by atoms with E-state index in [1.54, 1.807) is 7.05 Å². The molecule has 1 aliphatic heterocycles. The summed E-state index contributed by atoms with van der Waals surface area (Å²) >= 11 is 0. The highest BCUT2D eigenvalue weighted by Crippen LogP contribution is 2.18. The van der Waals surface area contributed by atoms with E-state index < -0.39 is 18.6 Å². The van der Waals surface area contributed by atoms with Gasteiger partial charge in [-0.15, -0.1) is 24.0 Å². The number of piperidine rings is 1. The van der Waals surface area contributed by atoms with E-state index in [9.17, 15) is 18.0 Å². The Hall–Kier alpha value is -1.79. The number of guanidine groups is 1. The summed E-state index contributed by atoms with van der Waals surface area (Å²) in [5.41, 5.74) is 1.12. The molecule has 1 aromatic rings. The van der Waals surface area contributed by atoms with Gasteiger partial charge < -0.3 is 20.4 Å². The van der Waals surface area contributed by atoms with E-state index in [0.717, 1.165) is 44.4 Å². The number of carbonyl (C=O) groups excluding carboxylic acids is 1. The van der Waals surface area contributed by atoms with Crippen molar-refractivity contribution in [3.63, 3.8) is 0 Å². The molecule has 2 N–H and O–H groups in total. The van der Waals surface area contributed by atoms with Crippen molar-refractivity contribution < 1.29 is 18.0 Å². The van der Waals surface area contributed by atoms with Crippen molar-refractivity contribution in [2.24, 2.45) is 4.99 Å². The number of hydrogen-bond acceptors (Lipinski definition) is 4. The maximum absolute atomic E-state index is 12.4. The largest absolute Gasteiger partial charge is 0.406 e. The molecule has 0 spiro atoms. The lowest BCUT2D eigenvalue weighted by Crippen LogP contribution is -2.51. The molecule has 2 rings (SSSR count). The number of alkyl halides is 3. The Balaban J connectivity index is 0.00000420. The molecule has 1 aromatic heterocycles. The second-order valence-electron chi connectivity index (χ2n) is 6.89. The molecule has 1 aliphatic rings. The number of halogens is 4. The van der Waals surface area contributed by atoms with E-state index in [1.807, 2.05) is 25.3 Å². The van der Waals surface area contributed by atoms with Gasteiger partial charge in [0.1, 0.15) is 12.4 Å². The highest BCUT2D eigenvalue weighted by molar-refractivity contribution is 14.0. The molecule has 0 aliphatic carbocycles. The molecule has 164 valence electrons. The molecule has 11 heteroatoms. The van der Waals surface area contributed by atoms with Crippen LogP contribution in [0, 0.1) is 6.92 Å². The highest BCUT2D eigenvalue weighted by atomic mass is 127. The first kappa shape index (κ1) is 25.2. The van der Waals surface area contributed by atoms with Crippen LogP contribution in [-0.2, 0) is 4.79 Å². The number of amides is 1. The molecule has 7 nitrogen and oxygen atoms in total. The van der Waals surface area contributed by atoms with Crippen LogP contribution >= 0.6 is 24.0 Å². The lowest BCUT2D eigenvalue weighted by atomic mass is 10.1. The molecule has 29 heavy (non-hydrogen) atoms. The summed E-state index contributed by atoms with van der Waals surface area (Å²) in [6.07, 6.45) is -0.848. The molecular weight excluding hydrogens is 500 g/mol. The van der Waals surface area contributed by atoms with Crippen LogP contribution in [0.15, 0.2) is 23.3 Å². The van der Waals surface area contributed by atoms with Crippen LogP contribution < -0.4 is 15.5 Å². The first-order valence-electron chi connectivity index (χ1n) is 9.13. The van der Waals surface area contributed by atoms with Gasteiger partial charge in [-0.05, 0) is 31.4 Å². The summed E-state index contributed by atoms with van der Waals surface area (Å²) in [5.74, 6) is 0.700. The quantitative estimate of drug-likeness (QED) is 0.349. The maximum Gasteiger partial charge on any atom is 0.406 e. The van der Waals surface area contributed by atoms with E-state index in [0.29, 0.717) is 10.9 Å². The number of nitrogens with one attached hydrogen (secondary N) is 2. The number of nitrogens with zero attached hydrogens (tertiary/aromatic N) is 4. The fourth-order valence-corrected chi connectivity index (χ4v) is 2.94. The maximum atomic E-state index is 12.4. The van der Waals surface area contributed by atoms with Crippen LogP contribution in [0.4, 0.5) is 19.0 Å². The number of anilines is 1. The Morgan fingerprint density at radius 2 is 2.00 bits per heavy atom. The third-order valence-electron chi connectivity index (χ3n) is 4.53. The van der Waals surface area contributed by atoms with Crippen molar-refractivity contribution in [2.75, 3.05) is 45.2 Å². The monoisotopic (exact) mass is 528 g/mol. The van der Waals surface area contributed by atoms with Gasteiger partial charge in [0.05, 0.1) is 6.54 Å². The topological polar surface area (TPSA) is 72.9 Å². The standard InChI is InChI=1S/C18H27F3N6O.HI/c1-13-4-5-15(23-10-13)27-8-6-14(7-9-27)25-17(22-2)24-11-16(28)26(3)12-18(19,20)21;/h4-5,10,14H,6-9,11-12H2,1-3H3,(H2,22,24,25);1H. The van der Waals surface area contributed by atoms with Crippen LogP contribution in [0.1, 0.15) is 18.4 Å². The van der Waals surface area contributed by atoms with Crippen molar-refractivity contribution in [2.45, 2.75) is 32.0 Å². The highest BCUT2D eigenvalue weighted by Gasteiger charge is 2.31. The van der Waals surface area contributed by atoms with E-state index >= 15 is 0 Å². The van der Waals surface area contributed by atoms with Crippen molar-refractivity contribution in [3.05, 3.63) is 23.9 Å². The molecule has 0 radical (unpaired) electrons. The minimum absolute atomic E-state index is 0. The van der Waals surface area contributed by atoms with Gasteiger partial charge in [-0.25, -0.2) is 4.98 Å². The Labute approximate surface area is 186 Å². The van der Waals surface area contributed by atoms with Gasteiger partial charge in [0.15, 0.2) is 5.96 Å². The minimum atomic E-state index is -4.41. The number of aromatic nitrogens is 1. The predicted octanol–water partition coefficient (Wildman–Crippen LogP) is 2.16. The van der Waals surface area contributed by atoms with Crippen molar-refractivity contribution in [1.29, 1.82) is 0 Å². The second-order valence-corrected chi connectivity index (χ2v) is 6.89. The predicted molar refractivity (Wildman–Crippen MR) is 118 cm³/mol. The lowest BCUT2D eigenvalue weighted by molar-refractivity contribution is -0.157. The van der Waals surface area contributed by atoms with Gasteiger partial charge >= 0.3 is 6.18 Å². The van der Waals surface area contributed by atoms with Gasteiger partial charge in [-0.2, -0.15) is 13.2 Å². The second kappa shape index (κ2) is 11.4. The average molecular weight is 528 g/mol. The molecule has 0 bridgehead atoms. The lowest BCUT2D eigenvalue weighted by Gasteiger charge is -2.33. The van der Waals surface area contributed by atoms with Gasteiger partial charge in [-0.1, -0.05) is 6.07 Å². The minimum Gasteiger partial charge on any atom is -0.356 e. The zero-order chi connectivity index (χ0) is 20.7. The molecular formula is C18H28F3IN6O. The number of pyridine rings is 1. The zero-order valence-electron chi connectivity index (χ0n) is 16.8. The number of aryl methyl sites for hydroxylation is 1. The molecule has 0 aromatic carbocycles. The fourth-order valence-electron chi connectivity index (χ4n) is 2.94. The third kappa shape index (κ3) is 8.62. The number of hydrogen-bond donors (Lipinski definition) is 2. The Bertz CT molecular complexity index is 675. The van der Waals surface area contributed by atoms with Crippen molar-refractivity contribution >= 4 is 41.7 Å². The van der Waals surface area contributed by atoms with Crippen LogP contribution in [0.25, 0.3) is 0 Å². The summed E-state index contributed by atoms with van der Waals surface area (Å²) in [6.45, 7) is 2.14. The Morgan fingerprint density at radius 1 is 1.34 bits per heavy atom. The van der Waals surface area contributed by atoms with E-state index in [2.05, 4.69) is 25.5 Å². The van der Waals surface area contributed by atoms with Gasteiger partial charge in [0.2, 0.25) is 5.91 Å². The first-order valence-corrected chi connectivity index (χ1v) is 9.13. The number of rotatable bonds is 5. The summed E-state index contributed by atoms with van der Waals surface area (Å²) < 4.78 is 37.1. The van der Waals surface area contributed by atoms with E-state index in [4.69, 9.17) is 0 Å². The zero-order valence-corrected chi connectivity index (χ0v) is 19.1. The normalized spacial score (nSPS) is 15.5. The number of likely N-dealkylation sites (N-methyl/N-ethyl adjacent to an activating group) is 1. The van der Waals surface area contributed by atoms with Crippen molar-refractivity contribution in [1.82, 2.24) is 20.5 Å². The fraction of sp³-hybridized carbons (Fsp3) is 0.611. The van der Waals surface area contributed by atoms with Gasteiger partial charge in [0, 0.05) is 39.4 Å². The molecule has 0 unspecified atom stereocenters. The van der Waals surface area contributed by atoms with Gasteiger partial charge in [0.25, 0.3) is 0 Å². The first-order chi connectivity index (χ1) is 13.2. The molecule has 1 saturated heterocycles. The van der Waals surface area contributed by atoms with Crippen LogP contribution in [0.2, 0.25) is 0 Å². The molecule has 2 heterocycles. The Kier molecular flexibility index (Phi) is 9.93. The Morgan fingerprint density at radius 3 is 2.52 bits per heavy atom. The summed E-state index contributed by atoms with van der Waals surface area (Å²) in [6, 6.07) is 4.20. The van der Waals surface area contributed by atoms with E-state index in [1.165, 1.54) is 0 Å². The van der Waals surface area contributed by atoms with Crippen molar-refractivity contribution in [3.8, 4) is 0 Å². The smallest absolute Gasteiger partial charge is 0.356 e. The van der Waals surface area contributed by atoms with Crippen LogP contribution in [-0.4, -0.2) is 74.2 Å². The molecule has 0 saturated carbocycles. The average Bonchev–Trinajstić information content (AvgIpc) is 2.64. The SMILES string of the molecule is CN=C(NCC(=O)N(C)CC(F)(F)F)NC1CCN(c2ccc(C)cn2)CC1.I. The summed E-state index contributed by atoms with van der Waals surface area (Å²) in [5, 5.41) is 6.01. The molecule has 1 amide bonds.